The monoisotopic (exact) mass is 1060 g/mol. The summed E-state index contributed by atoms with van der Waals surface area (Å²) in [5, 5.41) is 9.45. The second-order valence-electron chi connectivity index (χ2n) is 17.3. The van der Waals surface area contributed by atoms with Crippen LogP contribution in [0.5, 0.6) is 0 Å². The predicted molar refractivity (Wildman–Crippen MR) is 276 cm³/mol. The number of hydrogen-bond acceptors (Lipinski definition) is 4. The summed E-state index contributed by atoms with van der Waals surface area (Å²) in [5.41, 5.74) is 22.8. The molecule has 4 nitrogen and oxygen atoms in total. The van der Waals surface area contributed by atoms with Gasteiger partial charge >= 0.3 is 20.1 Å². The number of pyridine rings is 3. The fourth-order valence-corrected chi connectivity index (χ4v) is 9.09. The summed E-state index contributed by atoms with van der Waals surface area (Å²) in [5.74, 6) is 0. The maximum atomic E-state index is 9.45. The van der Waals surface area contributed by atoms with Crippen LogP contribution in [0.2, 0.25) is 0 Å². The summed E-state index contributed by atoms with van der Waals surface area (Å²) >= 11 is 0. The third kappa shape index (κ3) is 10.6. The molecule has 69 heavy (non-hydrogen) atoms. The zero-order valence-corrected chi connectivity index (χ0v) is 40.9. The average Bonchev–Trinajstić information content (AvgIpc) is 3.41. The van der Waals surface area contributed by atoms with E-state index in [0.29, 0.717) is 5.56 Å². The van der Waals surface area contributed by atoms with Crippen molar-refractivity contribution in [2.45, 2.75) is 39.5 Å². The van der Waals surface area contributed by atoms with Crippen LogP contribution in [0, 0.1) is 43.4 Å². The Morgan fingerprint density at radius 3 is 1.41 bits per heavy atom. The number of aromatic nitrogens is 3. The molecule has 0 unspecified atom stereocenters. The average molecular weight is 1060 g/mol. The molecule has 5 heteroatoms. The van der Waals surface area contributed by atoms with Crippen LogP contribution in [0.25, 0.3) is 78.3 Å². The van der Waals surface area contributed by atoms with E-state index in [1.807, 2.05) is 97.5 Å². The van der Waals surface area contributed by atoms with Crippen LogP contribution < -0.4 is 0 Å². The Hall–Kier alpha value is -7.87. The molecule has 332 valence electrons. The van der Waals surface area contributed by atoms with Crippen molar-refractivity contribution < 1.29 is 20.1 Å². The van der Waals surface area contributed by atoms with Crippen LogP contribution in [0.4, 0.5) is 0 Å². The second kappa shape index (κ2) is 21.4. The van der Waals surface area contributed by atoms with Gasteiger partial charge in [-0.1, -0.05) is 133 Å². The van der Waals surface area contributed by atoms with Gasteiger partial charge in [0.2, 0.25) is 0 Å². The Morgan fingerprint density at radius 1 is 0.391 bits per heavy atom. The standard InChI is InChI=1S/C64H47N4.Ir/c1-44-38-60(45(2)37-59(44)51-26-24-48(43-65)25-27-51)61-42-54(64-15-7-10-36-68-64)32-33-58(61)57-12-4-3-11-56(57)55-40-49(18-16-46-20-28-52(29-21-46)62-13-5-8-34-66-62)39-50(41-55)19-17-47-22-30-53(31-23-47)63-14-6-9-35-67-63;/h3-15,20-28,30,33-42H,16-19H2,1-2H3;/q-3;+3. The van der Waals surface area contributed by atoms with Gasteiger partial charge in [0.25, 0.3) is 0 Å². The largest absolute Gasteiger partial charge is 3.00 e. The normalized spacial score (nSPS) is 10.9. The van der Waals surface area contributed by atoms with Crippen molar-refractivity contribution in [1.82, 2.24) is 15.0 Å². The van der Waals surface area contributed by atoms with Crippen molar-refractivity contribution in [3.8, 4) is 84.3 Å². The molecule has 0 fully saturated rings. The molecule has 0 atom stereocenters. The van der Waals surface area contributed by atoms with Gasteiger partial charge in [-0.15, -0.1) is 94.5 Å². The molecule has 10 rings (SSSR count). The first kappa shape index (κ1) is 46.2. The molecule has 0 bridgehead atoms. The van der Waals surface area contributed by atoms with Crippen LogP contribution >= 0.6 is 0 Å². The van der Waals surface area contributed by atoms with E-state index in [4.69, 9.17) is 4.98 Å². The molecule has 0 aliphatic heterocycles. The minimum absolute atomic E-state index is 0. The zero-order valence-electron chi connectivity index (χ0n) is 38.5. The number of benzene rings is 7. The molecule has 0 saturated heterocycles. The van der Waals surface area contributed by atoms with Crippen LogP contribution in [0.1, 0.15) is 38.9 Å². The molecule has 0 N–H and O–H groups in total. The fraction of sp³-hybridized carbons (Fsp3) is 0.0938. The van der Waals surface area contributed by atoms with Crippen LogP contribution in [0.3, 0.4) is 0 Å². The molecule has 10 aromatic rings. The predicted octanol–water partition coefficient (Wildman–Crippen LogP) is 15.0. The molecule has 0 aliphatic rings. The molecule has 0 aliphatic carbocycles. The van der Waals surface area contributed by atoms with Crippen molar-refractivity contribution in [1.29, 1.82) is 5.26 Å². The third-order valence-electron chi connectivity index (χ3n) is 12.7. The SMILES string of the molecule is Cc1cc(-c2cc(-c3ccccn3)[c-]cc2-c2ccccc2-c2cc(CCc3c[c-]c(-c4ccccn4)cc3)cc(CCc3c[c-]c(-c4ccccn4)cc3)c2)c(C)cc1-c1ccc(C#N)cc1.[Ir+3]. The first-order chi connectivity index (χ1) is 33.5. The zero-order chi connectivity index (χ0) is 46.2. The van der Waals surface area contributed by atoms with E-state index in [-0.39, 0.29) is 20.1 Å². The molecule has 0 radical (unpaired) electrons. The maximum absolute atomic E-state index is 9.45. The Balaban J connectivity index is 0.00000593. The van der Waals surface area contributed by atoms with Gasteiger partial charge in [-0.2, -0.15) is 5.26 Å². The van der Waals surface area contributed by atoms with Gasteiger partial charge in [0, 0.05) is 18.6 Å². The fourth-order valence-electron chi connectivity index (χ4n) is 9.09. The topological polar surface area (TPSA) is 62.5 Å². The minimum Gasteiger partial charge on any atom is -0.305 e. The van der Waals surface area contributed by atoms with E-state index >= 15 is 0 Å². The van der Waals surface area contributed by atoms with Crippen LogP contribution in [0.15, 0.2) is 201 Å². The first-order valence-corrected chi connectivity index (χ1v) is 23.1. The second-order valence-corrected chi connectivity index (χ2v) is 17.3. The van der Waals surface area contributed by atoms with Crippen LogP contribution in [-0.2, 0) is 45.8 Å². The van der Waals surface area contributed by atoms with E-state index in [1.165, 1.54) is 33.4 Å². The van der Waals surface area contributed by atoms with Crippen molar-refractivity contribution >= 4 is 0 Å². The summed E-state index contributed by atoms with van der Waals surface area (Å²) in [7, 11) is 0. The van der Waals surface area contributed by atoms with E-state index in [1.54, 1.807) is 0 Å². The Labute approximate surface area is 419 Å². The van der Waals surface area contributed by atoms with E-state index in [0.717, 1.165) is 104 Å². The van der Waals surface area contributed by atoms with E-state index < -0.39 is 0 Å². The van der Waals surface area contributed by atoms with Crippen molar-refractivity contribution in [2.24, 2.45) is 0 Å². The number of aryl methyl sites for hydroxylation is 6. The molecule has 0 saturated carbocycles. The minimum atomic E-state index is 0. The van der Waals surface area contributed by atoms with Crippen molar-refractivity contribution in [3.63, 3.8) is 0 Å². The van der Waals surface area contributed by atoms with Gasteiger partial charge in [0.05, 0.1) is 11.6 Å². The Morgan fingerprint density at radius 2 is 0.884 bits per heavy atom. The van der Waals surface area contributed by atoms with E-state index in [2.05, 4.69) is 151 Å². The van der Waals surface area contributed by atoms with Gasteiger partial charge < -0.3 is 15.0 Å². The quantitative estimate of drug-likeness (QED) is 0.108. The first-order valence-electron chi connectivity index (χ1n) is 23.1. The molecule has 0 spiro atoms. The molecule has 3 aromatic heterocycles. The van der Waals surface area contributed by atoms with Gasteiger partial charge in [0.1, 0.15) is 0 Å². The molecular formula is C64H47IrN4. The summed E-state index contributed by atoms with van der Waals surface area (Å²) in [6.07, 6.45) is 9.03. The van der Waals surface area contributed by atoms with Crippen molar-refractivity contribution in [2.75, 3.05) is 0 Å². The Bertz CT molecular complexity index is 3280. The molecule has 7 aromatic carbocycles. The van der Waals surface area contributed by atoms with Crippen molar-refractivity contribution in [3.05, 3.63) is 258 Å². The molecular weight excluding hydrogens is 1020 g/mol. The van der Waals surface area contributed by atoms with E-state index in [9.17, 15) is 5.26 Å². The van der Waals surface area contributed by atoms with Gasteiger partial charge in [-0.3, -0.25) is 0 Å². The van der Waals surface area contributed by atoms with Gasteiger partial charge in [0.15, 0.2) is 0 Å². The summed E-state index contributed by atoms with van der Waals surface area (Å²) in [6.45, 7) is 4.36. The summed E-state index contributed by atoms with van der Waals surface area (Å²) in [4.78, 5) is 13.8. The van der Waals surface area contributed by atoms with Crippen LogP contribution in [-0.4, -0.2) is 15.0 Å². The number of nitriles is 1. The Kier molecular flexibility index (Phi) is 14.3. The van der Waals surface area contributed by atoms with Gasteiger partial charge in [-0.05, 0) is 124 Å². The number of nitrogens with zero attached hydrogens (tertiary/aromatic N) is 4. The summed E-state index contributed by atoms with van der Waals surface area (Å²) in [6, 6.07) is 76.6. The molecule has 3 heterocycles. The smallest absolute Gasteiger partial charge is 0.305 e. The third-order valence-corrected chi connectivity index (χ3v) is 12.7. The van der Waals surface area contributed by atoms with Gasteiger partial charge in [-0.25, -0.2) is 0 Å². The number of hydrogen-bond donors (Lipinski definition) is 0. The molecule has 0 amide bonds. The number of rotatable bonds is 13. The summed E-state index contributed by atoms with van der Waals surface area (Å²) < 4.78 is 0. The maximum Gasteiger partial charge on any atom is 3.00 e.